The third-order valence-electron chi connectivity index (χ3n) is 3.89. The lowest BCUT2D eigenvalue weighted by Crippen LogP contribution is -2.38. The summed E-state index contributed by atoms with van der Waals surface area (Å²) in [4.78, 5) is 38.2. The van der Waals surface area contributed by atoms with Crippen LogP contribution < -0.4 is 5.73 Å². The number of carbonyl (C=O) groups is 3. The number of esters is 1. The SMILES string of the molecule is NC(=O)c1ccc(C(=O)OCC(=O)N2CCc3sccc3C2)cc1. The molecule has 0 saturated carbocycles. The largest absolute Gasteiger partial charge is 0.452 e. The van der Waals surface area contributed by atoms with Crippen molar-refractivity contribution in [1.29, 1.82) is 0 Å². The van der Waals surface area contributed by atoms with Gasteiger partial charge in [0.15, 0.2) is 6.61 Å². The molecule has 2 amide bonds. The molecule has 3 rings (SSSR count). The zero-order valence-electron chi connectivity index (χ0n) is 12.9. The van der Waals surface area contributed by atoms with Gasteiger partial charge in [-0.2, -0.15) is 0 Å². The second-order valence-electron chi connectivity index (χ2n) is 5.45. The van der Waals surface area contributed by atoms with Crippen LogP contribution in [0.15, 0.2) is 35.7 Å². The van der Waals surface area contributed by atoms with Crippen LogP contribution in [0, 0.1) is 0 Å². The molecule has 0 radical (unpaired) electrons. The van der Waals surface area contributed by atoms with Crippen molar-refractivity contribution in [3.05, 3.63) is 57.3 Å². The van der Waals surface area contributed by atoms with E-state index in [1.54, 1.807) is 16.2 Å². The van der Waals surface area contributed by atoms with Gasteiger partial charge in [0.1, 0.15) is 0 Å². The smallest absolute Gasteiger partial charge is 0.338 e. The first-order valence-electron chi connectivity index (χ1n) is 7.44. The van der Waals surface area contributed by atoms with E-state index in [2.05, 4.69) is 0 Å². The van der Waals surface area contributed by atoms with E-state index in [4.69, 9.17) is 10.5 Å². The summed E-state index contributed by atoms with van der Waals surface area (Å²) in [5.74, 6) is -1.38. The maximum Gasteiger partial charge on any atom is 0.338 e. The molecule has 0 unspecified atom stereocenters. The van der Waals surface area contributed by atoms with Crippen molar-refractivity contribution in [2.45, 2.75) is 13.0 Å². The molecule has 24 heavy (non-hydrogen) atoms. The van der Waals surface area contributed by atoms with Gasteiger partial charge in [0.2, 0.25) is 5.91 Å². The molecule has 1 aromatic carbocycles. The molecule has 2 N–H and O–H groups in total. The Morgan fingerprint density at radius 3 is 2.54 bits per heavy atom. The molecule has 1 aliphatic rings. The average molecular weight is 344 g/mol. The molecule has 0 fully saturated rings. The second-order valence-corrected chi connectivity index (χ2v) is 6.45. The molecule has 0 atom stereocenters. The summed E-state index contributed by atoms with van der Waals surface area (Å²) in [7, 11) is 0. The van der Waals surface area contributed by atoms with E-state index in [0.717, 1.165) is 12.0 Å². The number of benzene rings is 1. The lowest BCUT2D eigenvalue weighted by atomic mass is 10.1. The fraction of sp³-hybridized carbons (Fsp3) is 0.235. The molecular formula is C17H16N2O4S. The van der Waals surface area contributed by atoms with Crippen LogP contribution in [0.1, 0.15) is 31.2 Å². The Balaban J connectivity index is 1.54. The number of thiophene rings is 1. The van der Waals surface area contributed by atoms with Gasteiger partial charge in [-0.15, -0.1) is 11.3 Å². The van der Waals surface area contributed by atoms with Gasteiger partial charge in [-0.1, -0.05) is 0 Å². The van der Waals surface area contributed by atoms with E-state index in [1.807, 2.05) is 11.4 Å². The van der Waals surface area contributed by atoms with E-state index in [9.17, 15) is 14.4 Å². The topological polar surface area (TPSA) is 89.7 Å². The van der Waals surface area contributed by atoms with Crippen LogP contribution >= 0.6 is 11.3 Å². The van der Waals surface area contributed by atoms with Crippen LogP contribution in [0.2, 0.25) is 0 Å². The number of primary amides is 1. The minimum atomic E-state index is -0.604. The highest BCUT2D eigenvalue weighted by Crippen LogP contribution is 2.24. The summed E-state index contributed by atoms with van der Waals surface area (Å²) < 4.78 is 5.07. The van der Waals surface area contributed by atoms with Crippen molar-refractivity contribution in [2.75, 3.05) is 13.2 Å². The molecule has 2 aromatic rings. The first kappa shape index (κ1) is 16.2. The highest BCUT2D eigenvalue weighted by molar-refractivity contribution is 7.10. The lowest BCUT2D eigenvalue weighted by Gasteiger charge is -2.26. The Morgan fingerprint density at radius 1 is 1.12 bits per heavy atom. The monoisotopic (exact) mass is 344 g/mol. The van der Waals surface area contributed by atoms with E-state index in [0.29, 0.717) is 18.7 Å². The number of fused-ring (bicyclic) bond motifs is 1. The predicted molar refractivity (Wildman–Crippen MR) is 88.7 cm³/mol. The van der Waals surface area contributed by atoms with Gasteiger partial charge in [-0.3, -0.25) is 9.59 Å². The summed E-state index contributed by atoms with van der Waals surface area (Å²) in [6.07, 6.45) is 0.835. The number of ether oxygens (including phenoxy) is 1. The molecule has 6 nitrogen and oxygen atoms in total. The Hall–Kier alpha value is -2.67. The minimum Gasteiger partial charge on any atom is -0.452 e. The number of nitrogens with two attached hydrogens (primary N) is 1. The Bertz CT molecular complexity index is 782. The van der Waals surface area contributed by atoms with Crippen LogP contribution in [0.5, 0.6) is 0 Å². The number of rotatable bonds is 4. The molecule has 1 aromatic heterocycles. The van der Waals surface area contributed by atoms with Crippen LogP contribution in [-0.4, -0.2) is 35.8 Å². The molecule has 0 spiro atoms. The van der Waals surface area contributed by atoms with Gasteiger partial charge < -0.3 is 15.4 Å². The molecule has 2 heterocycles. The van der Waals surface area contributed by atoms with Gasteiger partial charge in [-0.05, 0) is 47.7 Å². The number of nitrogens with zero attached hydrogens (tertiary/aromatic N) is 1. The van der Waals surface area contributed by atoms with Crippen LogP contribution in [0.4, 0.5) is 0 Å². The fourth-order valence-corrected chi connectivity index (χ4v) is 3.42. The third-order valence-corrected chi connectivity index (χ3v) is 4.92. The van der Waals surface area contributed by atoms with Gasteiger partial charge in [0.05, 0.1) is 5.56 Å². The van der Waals surface area contributed by atoms with Crippen molar-refractivity contribution in [2.24, 2.45) is 5.73 Å². The van der Waals surface area contributed by atoms with Gasteiger partial charge in [0.25, 0.3) is 5.91 Å². The predicted octanol–water partition coefficient (Wildman–Crippen LogP) is 1.59. The summed E-state index contributed by atoms with van der Waals surface area (Å²) in [5, 5.41) is 2.02. The number of amides is 2. The molecule has 1 aliphatic heterocycles. The Labute approximate surface area is 142 Å². The molecule has 0 aliphatic carbocycles. The second kappa shape index (κ2) is 6.84. The zero-order valence-corrected chi connectivity index (χ0v) is 13.7. The van der Waals surface area contributed by atoms with Crippen molar-refractivity contribution in [3.8, 4) is 0 Å². The quantitative estimate of drug-likeness (QED) is 0.853. The van der Waals surface area contributed by atoms with Crippen LogP contribution in [0.3, 0.4) is 0 Å². The Morgan fingerprint density at radius 2 is 1.83 bits per heavy atom. The van der Waals surface area contributed by atoms with Crippen LogP contribution in [-0.2, 0) is 22.5 Å². The summed E-state index contributed by atoms with van der Waals surface area (Å²) in [5.41, 5.74) is 6.88. The minimum absolute atomic E-state index is 0.214. The number of carbonyl (C=O) groups excluding carboxylic acids is 3. The zero-order chi connectivity index (χ0) is 17.1. The van der Waals surface area contributed by atoms with E-state index >= 15 is 0 Å². The fourth-order valence-electron chi connectivity index (χ4n) is 2.53. The summed E-state index contributed by atoms with van der Waals surface area (Å²) in [6, 6.07) is 7.82. The van der Waals surface area contributed by atoms with Crippen molar-refractivity contribution < 1.29 is 19.1 Å². The van der Waals surface area contributed by atoms with Crippen molar-refractivity contribution >= 4 is 29.1 Å². The highest BCUT2D eigenvalue weighted by atomic mass is 32.1. The molecular weight excluding hydrogens is 328 g/mol. The standard InChI is InChI=1S/C17H16N2O4S/c18-16(21)11-1-3-12(4-2-11)17(22)23-10-15(20)19-7-5-14-13(9-19)6-8-24-14/h1-4,6,8H,5,7,9-10H2,(H2,18,21). The normalized spacial score (nSPS) is 13.2. The van der Waals surface area contributed by atoms with E-state index in [-0.39, 0.29) is 18.1 Å². The van der Waals surface area contributed by atoms with Gasteiger partial charge in [-0.25, -0.2) is 4.79 Å². The molecule has 124 valence electrons. The van der Waals surface area contributed by atoms with Gasteiger partial charge >= 0.3 is 5.97 Å². The first-order chi connectivity index (χ1) is 11.5. The van der Waals surface area contributed by atoms with Crippen LogP contribution in [0.25, 0.3) is 0 Å². The molecule has 0 saturated heterocycles. The molecule has 7 heteroatoms. The summed E-state index contributed by atoms with van der Waals surface area (Å²) >= 11 is 1.70. The number of hydrogen-bond donors (Lipinski definition) is 1. The van der Waals surface area contributed by atoms with Crippen molar-refractivity contribution in [3.63, 3.8) is 0 Å². The maximum atomic E-state index is 12.2. The van der Waals surface area contributed by atoms with Crippen molar-refractivity contribution in [1.82, 2.24) is 4.90 Å². The third kappa shape index (κ3) is 3.46. The summed E-state index contributed by atoms with van der Waals surface area (Å²) in [6.45, 7) is 0.898. The average Bonchev–Trinajstić information content (AvgIpc) is 3.07. The maximum absolute atomic E-state index is 12.2. The Kier molecular flexibility index (Phi) is 4.61. The van der Waals surface area contributed by atoms with E-state index < -0.39 is 11.9 Å². The van der Waals surface area contributed by atoms with E-state index in [1.165, 1.54) is 29.1 Å². The lowest BCUT2D eigenvalue weighted by molar-refractivity contribution is -0.135. The van der Waals surface area contributed by atoms with Gasteiger partial charge in [0, 0.05) is 23.5 Å². The highest BCUT2D eigenvalue weighted by Gasteiger charge is 2.22. The molecule has 0 bridgehead atoms. The number of hydrogen-bond acceptors (Lipinski definition) is 5. The first-order valence-corrected chi connectivity index (χ1v) is 8.32.